The van der Waals surface area contributed by atoms with Gasteiger partial charge in [0.1, 0.15) is 0 Å². The van der Waals surface area contributed by atoms with E-state index in [0.717, 1.165) is 17.5 Å². The first-order valence-corrected chi connectivity index (χ1v) is 12.5. The molecule has 0 aliphatic heterocycles. The fourth-order valence-electron chi connectivity index (χ4n) is 3.34. The maximum atomic E-state index is 12.8. The van der Waals surface area contributed by atoms with E-state index in [0.29, 0.717) is 35.5 Å². The molecule has 0 saturated heterocycles. The summed E-state index contributed by atoms with van der Waals surface area (Å²) in [4.78, 5) is 24.4. The lowest BCUT2D eigenvalue weighted by molar-refractivity contribution is -0.116. The second-order valence-corrected chi connectivity index (χ2v) is 9.78. The van der Waals surface area contributed by atoms with Crippen molar-refractivity contribution in [3.63, 3.8) is 0 Å². The van der Waals surface area contributed by atoms with Gasteiger partial charge >= 0.3 is 0 Å². The molecule has 0 atom stereocenters. The Hall–Kier alpha value is -3.65. The predicted octanol–water partition coefficient (Wildman–Crippen LogP) is 4.77. The zero-order valence-electron chi connectivity index (χ0n) is 19.5. The second kappa shape index (κ2) is 11.0. The van der Waals surface area contributed by atoms with E-state index < -0.39 is 10.0 Å². The lowest BCUT2D eigenvalue weighted by Gasteiger charge is -2.12. The van der Waals surface area contributed by atoms with Crippen LogP contribution in [0.25, 0.3) is 0 Å². The molecule has 0 aromatic heterocycles. The number of amides is 2. The molecule has 3 rings (SSSR count). The summed E-state index contributed by atoms with van der Waals surface area (Å²) in [6.07, 6.45) is 1.26. The molecule has 3 N–H and O–H groups in total. The zero-order valence-corrected chi connectivity index (χ0v) is 20.3. The molecule has 0 saturated carbocycles. The largest absolute Gasteiger partial charge is 0.348 e. The molecule has 7 nitrogen and oxygen atoms in total. The summed E-state index contributed by atoms with van der Waals surface area (Å²) < 4.78 is 28.1. The van der Waals surface area contributed by atoms with E-state index in [2.05, 4.69) is 15.4 Å². The normalized spacial score (nSPS) is 11.0. The van der Waals surface area contributed by atoms with Crippen molar-refractivity contribution < 1.29 is 18.0 Å². The third-order valence-corrected chi connectivity index (χ3v) is 6.72. The van der Waals surface area contributed by atoms with E-state index in [1.54, 1.807) is 55.5 Å². The van der Waals surface area contributed by atoms with Gasteiger partial charge in [0.25, 0.3) is 15.9 Å². The number of sulfonamides is 1. The molecule has 2 amide bonds. The Kier molecular flexibility index (Phi) is 8.07. The Labute approximate surface area is 200 Å². The van der Waals surface area contributed by atoms with Gasteiger partial charge in [0.2, 0.25) is 5.91 Å². The molecule has 8 heteroatoms. The maximum Gasteiger partial charge on any atom is 0.262 e. The summed E-state index contributed by atoms with van der Waals surface area (Å²) in [5, 5.41) is 5.66. The van der Waals surface area contributed by atoms with Crippen molar-refractivity contribution in [1.82, 2.24) is 5.32 Å². The summed E-state index contributed by atoms with van der Waals surface area (Å²) in [5.41, 5.74) is 3.91. The average Bonchev–Trinajstić information content (AvgIpc) is 2.80. The fourth-order valence-corrected chi connectivity index (χ4v) is 4.73. The van der Waals surface area contributed by atoms with Gasteiger partial charge in [-0.1, -0.05) is 31.2 Å². The molecule has 0 spiro atoms. The summed E-state index contributed by atoms with van der Waals surface area (Å²) in [6.45, 7) is 5.86. The number of aryl methyl sites for hydroxylation is 2. The molecule has 0 aliphatic rings. The Morgan fingerprint density at radius 3 is 2.15 bits per heavy atom. The molecule has 3 aromatic rings. The highest BCUT2D eigenvalue weighted by atomic mass is 32.2. The number of anilines is 2. The number of benzene rings is 3. The first-order valence-electron chi connectivity index (χ1n) is 11.0. The van der Waals surface area contributed by atoms with Crippen LogP contribution in [0.15, 0.2) is 71.6 Å². The number of hydrogen-bond donors (Lipinski definition) is 3. The van der Waals surface area contributed by atoms with Crippen LogP contribution in [0.4, 0.5) is 11.4 Å². The van der Waals surface area contributed by atoms with Crippen LogP contribution < -0.4 is 15.4 Å². The van der Waals surface area contributed by atoms with E-state index in [1.165, 1.54) is 0 Å². The number of nitrogens with one attached hydrogen (secondary N) is 3. The number of hydrogen-bond acceptors (Lipinski definition) is 4. The lowest BCUT2D eigenvalue weighted by Crippen LogP contribution is -2.22. The van der Waals surface area contributed by atoms with Crippen LogP contribution in [-0.2, 0) is 21.4 Å². The Bertz CT molecular complexity index is 1270. The van der Waals surface area contributed by atoms with Crippen LogP contribution >= 0.6 is 0 Å². The van der Waals surface area contributed by atoms with Crippen LogP contribution in [-0.4, -0.2) is 20.2 Å². The van der Waals surface area contributed by atoms with Gasteiger partial charge in [-0.15, -0.1) is 0 Å². The fraction of sp³-hybridized carbons (Fsp3) is 0.231. The molecule has 0 aliphatic carbocycles. The second-order valence-electron chi connectivity index (χ2n) is 8.13. The summed E-state index contributed by atoms with van der Waals surface area (Å²) in [7, 11) is -3.74. The van der Waals surface area contributed by atoms with Crippen LogP contribution in [0.5, 0.6) is 0 Å². The number of carbonyl (C=O) groups excluding carboxylic acids is 2. The molecular weight excluding hydrogens is 450 g/mol. The van der Waals surface area contributed by atoms with Gasteiger partial charge in [0, 0.05) is 29.9 Å². The SMILES string of the molecule is CCCC(=O)Nc1ccc(CNC(=O)c2ccc(NS(=O)(=O)c3cc(C)ccc3C)cc2)cc1. The van der Waals surface area contributed by atoms with Gasteiger partial charge in [-0.05, 0) is 79.4 Å². The third-order valence-electron chi connectivity index (χ3n) is 5.20. The maximum absolute atomic E-state index is 12.8. The van der Waals surface area contributed by atoms with Gasteiger partial charge in [-0.2, -0.15) is 0 Å². The molecule has 0 fully saturated rings. The molecule has 0 bridgehead atoms. The van der Waals surface area contributed by atoms with E-state index in [9.17, 15) is 18.0 Å². The zero-order chi connectivity index (χ0) is 24.7. The van der Waals surface area contributed by atoms with E-state index in [1.807, 2.05) is 32.0 Å². The highest BCUT2D eigenvalue weighted by Gasteiger charge is 2.17. The standard InChI is InChI=1S/C26H29N3O4S/c1-4-5-25(30)28-22-12-8-20(9-13-22)17-27-26(31)21-10-14-23(15-11-21)29-34(32,33)24-16-18(2)6-7-19(24)3/h6-16,29H,4-5,17H2,1-3H3,(H,27,31)(H,28,30). The molecule has 3 aromatic carbocycles. The van der Waals surface area contributed by atoms with Crippen LogP contribution in [0.1, 0.15) is 46.8 Å². The first-order chi connectivity index (χ1) is 16.2. The third kappa shape index (κ3) is 6.68. The van der Waals surface area contributed by atoms with Crippen molar-refractivity contribution in [2.45, 2.75) is 45.1 Å². The van der Waals surface area contributed by atoms with Crippen molar-refractivity contribution >= 4 is 33.2 Å². The quantitative estimate of drug-likeness (QED) is 0.411. The topological polar surface area (TPSA) is 104 Å². The minimum absolute atomic E-state index is 0.0247. The lowest BCUT2D eigenvalue weighted by atomic mass is 10.1. The molecule has 34 heavy (non-hydrogen) atoms. The summed E-state index contributed by atoms with van der Waals surface area (Å²) in [5.74, 6) is -0.299. The Balaban J connectivity index is 1.58. The minimum Gasteiger partial charge on any atom is -0.348 e. The molecule has 178 valence electrons. The van der Waals surface area contributed by atoms with Crippen molar-refractivity contribution in [3.8, 4) is 0 Å². The van der Waals surface area contributed by atoms with Gasteiger partial charge in [-0.25, -0.2) is 8.42 Å². The molecule has 0 unspecified atom stereocenters. The van der Waals surface area contributed by atoms with E-state index >= 15 is 0 Å². The van der Waals surface area contributed by atoms with Crippen LogP contribution in [0.3, 0.4) is 0 Å². The van der Waals surface area contributed by atoms with Gasteiger partial charge in [-0.3, -0.25) is 14.3 Å². The van der Waals surface area contributed by atoms with Crippen LogP contribution in [0, 0.1) is 13.8 Å². The van der Waals surface area contributed by atoms with Gasteiger partial charge in [0.15, 0.2) is 0 Å². The highest BCUT2D eigenvalue weighted by molar-refractivity contribution is 7.92. The smallest absolute Gasteiger partial charge is 0.262 e. The predicted molar refractivity (Wildman–Crippen MR) is 134 cm³/mol. The van der Waals surface area contributed by atoms with Gasteiger partial charge < -0.3 is 10.6 Å². The van der Waals surface area contributed by atoms with Crippen molar-refractivity contribution in [2.24, 2.45) is 0 Å². The molecule has 0 heterocycles. The minimum atomic E-state index is -3.74. The molecular formula is C26H29N3O4S. The highest BCUT2D eigenvalue weighted by Crippen LogP contribution is 2.21. The van der Waals surface area contributed by atoms with Crippen molar-refractivity contribution in [3.05, 3.63) is 89.0 Å². The van der Waals surface area contributed by atoms with E-state index in [-0.39, 0.29) is 16.7 Å². The monoisotopic (exact) mass is 479 g/mol. The van der Waals surface area contributed by atoms with Crippen LogP contribution in [0.2, 0.25) is 0 Å². The summed E-state index contributed by atoms with van der Waals surface area (Å²) >= 11 is 0. The number of rotatable bonds is 9. The average molecular weight is 480 g/mol. The Morgan fingerprint density at radius 2 is 1.50 bits per heavy atom. The summed E-state index contributed by atoms with van der Waals surface area (Å²) in [6, 6.07) is 18.8. The van der Waals surface area contributed by atoms with Gasteiger partial charge in [0.05, 0.1) is 4.90 Å². The number of carbonyl (C=O) groups is 2. The first kappa shape index (κ1) is 25.0. The van der Waals surface area contributed by atoms with Crippen molar-refractivity contribution in [1.29, 1.82) is 0 Å². The Morgan fingerprint density at radius 1 is 0.853 bits per heavy atom. The molecule has 0 radical (unpaired) electrons. The van der Waals surface area contributed by atoms with E-state index in [4.69, 9.17) is 0 Å². The van der Waals surface area contributed by atoms with Crippen molar-refractivity contribution in [2.75, 3.05) is 10.0 Å².